The van der Waals surface area contributed by atoms with Crippen molar-refractivity contribution in [3.8, 4) is 0 Å². The summed E-state index contributed by atoms with van der Waals surface area (Å²) in [6, 6.07) is 0. The Balaban J connectivity index is 1.91. The normalized spacial score (nSPS) is 63.9. The van der Waals surface area contributed by atoms with Crippen molar-refractivity contribution in [2.75, 3.05) is 6.61 Å². The Morgan fingerprint density at radius 1 is 1.20 bits per heavy atom. The molecule has 5 atom stereocenters. The van der Waals surface area contributed by atoms with Crippen LogP contribution in [0.3, 0.4) is 0 Å². The van der Waals surface area contributed by atoms with Crippen LogP contribution in [0.15, 0.2) is 0 Å². The number of hydrogen-bond donors (Lipinski definition) is 1. The zero-order valence-corrected chi connectivity index (χ0v) is 5.27. The highest BCUT2D eigenvalue weighted by Gasteiger charge is 2.61. The minimum atomic E-state index is -0.469. The van der Waals surface area contributed by atoms with Crippen LogP contribution >= 0.6 is 0 Å². The lowest BCUT2D eigenvalue weighted by molar-refractivity contribution is -0.103. The lowest BCUT2D eigenvalue weighted by atomic mass is 10.1. The molecule has 3 rings (SSSR count). The molecule has 1 N–H and O–H groups in total. The maximum atomic E-state index is 9.38. The second-order valence-corrected chi connectivity index (χ2v) is 2.93. The number of hydrogen-bond acceptors (Lipinski definition) is 4. The fourth-order valence-electron chi connectivity index (χ4n) is 1.63. The first-order valence-corrected chi connectivity index (χ1v) is 3.47. The topological polar surface area (TPSA) is 51.2 Å². The van der Waals surface area contributed by atoms with Crippen LogP contribution in [0.5, 0.6) is 0 Å². The van der Waals surface area contributed by atoms with Gasteiger partial charge in [0.25, 0.3) is 0 Å². The van der Waals surface area contributed by atoms with E-state index in [0.29, 0.717) is 6.61 Å². The van der Waals surface area contributed by atoms with Gasteiger partial charge in [-0.1, -0.05) is 0 Å². The molecule has 4 heteroatoms. The molecule has 10 heavy (non-hydrogen) atoms. The third-order valence-electron chi connectivity index (χ3n) is 2.28. The molecule has 0 aromatic rings. The maximum absolute atomic E-state index is 9.38. The molecule has 56 valence electrons. The van der Waals surface area contributed by atoms with Gasteiger partial charge in [0, 0.05) is 0 Å². The molecule has 0 amide bonds. The molecule has 3 fully saturated rings. The van der Waals surface area contributed by atoms with Crippen molar-refractivity contribution in [1.29, 1.82) is 0 Å². The summed E-state index contributed by atoms with van der Waals surface area (Å²) >= 11 is 0. The van der Waals surface area contributed by atoms with Crippen molar-refractivity contribution >= 4 is 0 Å². The van der Waals surface area contributed by atoms with E-state index in [1.807, 2.05) is 0 Å². The van der Waals surface area contributed by atoms with Crippen molar-refractivity contribution in [2.24, 2.45) is 0 Å². The van der Waals surface area contributed by atoms with Gasteiger partial charge < -0.3 is 19.3 Å². The Bertz CT molecular complexity index is 169. The Morgan fingerprint density at radius 2 is 2.10 bits per heavy atom. The van der Waals surface area contributed by atoms with E-state index in [2.05, 4.69) is 0 Å². The summed E-state index contributed by atoms with van der Waals surface area (Å²) in [5.74, 6) is 0. The molecule has 3 saturated heterocycles. The average molecular weight is 144 g/mol. The fraction of sp³-hybridized carbons (Fsp3) is 1.00. The molecule has 4 nitrogen and oxygen atoms in total. The second kappa shape index (κ2) is 1.53. The smallest absolute Gasteiger partial charge is 0.187 e. The van der Waals surface area contributed by atoms with E-state index in [0.717, 1.165) is 0 Å². The zero-order valence-electron chi connectivity index (χ0n) is 5.27. The monoisotopic (exact) mass is 144 g/mol. The largest absolute Gasteiger partial charge is 0.387 e. The molecular weight excluding hydrogens is 136 g/mol. The van der Waals surface area contributed by atoms with E-state index in [9.17, 15) is 5.11 Å². The maximum Gasteiger partial charge on any atom is 0.187 e. The molecule has 0 spiro atoms. The molecule has 3 aliphatic heterocycles. The highest BCUT2D eigenvalue weighted by molar-refractivity contribution is 5.03. The van der Waals surface area contributed by atoms with Crippen molar-refractivity contribution in [2.45, 2.75) is 30.7 Å². The summed E-state index contributed by atoms with van der Waals surface area (Å²) < 4.78 is 15.6. The lowest BCUT2D eigenvalue weighted by Crippen LogP contribution is -2.39. The van der Waals surface area contributed by atoms with Gasteiger partial charge in [0.1, 0.15) is 24.4 Å². The Morgan fingerprint density at radius 3 is 3.00 bits per heavy atom. The molecular formula is C6H8O4. The molecule has 0 aromatic heterocycles. The summed E-state index contributed by atoms with van der Waals surface area (Å²) in [5, 5.41) is 9.38. The van der Waals surface area contributed by atoms with E-state index in [1.54, 1.807) is 0 Å². The Hall–Kier alpha value is -0.160. The summed E-state index contributed by atoms with van der Waals surface area (Å²) in [4.78, 5) is 0. The highest BCUT2D eigenvalue weighted by atomic mass is 16.8. The molecule has 0 aromatic carbocycles. The standard InChI is InChI=1S/C6H8O4/c7-3-2-1-8-6(9-2)5-4(3)10-5/h2-7H,1H2/t2?,3-,4-,5?,6+/m0/s1. The quantitative estimate of drug-likeness (QED) is 0.437. The van der Waals surface area contributed by atoms with Crippen LogP contribution in [-0.4, -0.2) is 42.4 Å². The summed E-state index contributed by atoms with van der Waals surface area (Å²) in [7, 11) is 0. The first kappa shape index (κ1) is 5.49. The third kappa shape index (κ3) is 0.509. The first-order chi connectivity index (χ1) is 4.86. The van der Waals surface area contributed by atoms with Crippen LogP contribution in [0, 0.1) is 0 Å². The molecule has 3 aliphatic rings. The first-order valence-electron chi connectivity index (χ1n) is 3.47. The van der Waals surface area contributed by atoms with Crippen molar-refractivity contribution < 1.29 is 19.3 Å². The van der Waals surface area contributed by atoms with Crippen LogP contribution < -0.4 is 0 Å². The van der Waals surface area contributed by atoms with Crippen molar-refractivity contribution in [3.63, 3.8) is 0 Å². The molecule has 0 saturated carbocycles. The van der Waals surface area contributed by atoms with E-state index >= 15 is 0 Å². The molecule has 2 bridgehead atoms. The van der Waals surface area contributed by atoms with Crippen LogP contribution in [0.2, 0.25) is 0 Å². The lowest BCUT2D eigenvalue weighted by Gasteiger charge is -2.18. The summed E-state index contributed by atoms with van der Waals surface area (Å²) in [5.41, 5.74) is 0. The van der Waals surface area contributed by atoms with Gasteiger partial charge in [-0.15, -0.1) is 0 Å². The van der Waals surface area contributed by atoms with Gasteiger partial charge in [0.05, 0.1) is 6.61 Å². The number of fused-ring (bicyclic) bond motifs is 4. The molecule has 0 radical (unpaired) electrons. The second-order valence-electron chi connectivity index (χ2n) is 2.93. The number of aliphatic hydroxyl groups excluding tert-OH is 1. The predicted molar refractivity (Wildman–Crippen MR) is 29.3 cm³/mol. The highest BCUT2D eigenvalue weighted by Crippen LogP contribution is 2.41. The minimum Gasteiger partial charge on any atom is -0.387 e. The number of aliphatic hydroxyl groups is 1. The van der Waals surface area contributed by atoms with Crippen LogP contribution in [0.25, 0.3) is 0 Å². The van der Waals surface area contributed by atoms with Crippen LogP contribution in [-0.2, 0) is 14.2 Å². The van der Waals surface area contributed by atoms with Crippen molar-refractivity contribution in [1.82, 2.24) is 0 Å². The SMILES string of the molecule is O[C@H]1C2CO[C@H](O2)C2O[C@H]21. The van der Waals surface area contributed by atoms with Crippen molar-refractivity contribution in [3.05, 3.63) is 0 Å². The minimum absolute atomic E-state index is 0.00810. The van der Waals surface area contributed by atoms with Gasteiger partial charge in [-0.05, 0) is 0 Å². The van der Waals surface area contributed by atoms with Gasteiger partial charge in [-0.3, -0.25) is 0 Å². The van der Waals surface area contributed by atoms with Crippen LogP contribution in [0.4, 0.5) is 0 Å². The number of ether oxygens (including phenoxy) is 3. The van der Waals surface area contributed by atoms with E-state index in [1.165, 1.54) is 0 Å². The van der Waals surface area contributed by atoms with Gasteiger partial charge in [0.15, 0.2) is 6.29 Å². The zero-order chi connectivity index (χ0) is 6.72. The molecule has 3 heterocycles. The number of epoxide rings is 1. The molecule has 2 unspecified atom stereocenters. The summed E-state index contributed by atoms with van der Waals surface area (Å²) in [6.07, 6.45) is -0.809. The van der Waals surface area contributed by atoms with E-state index in [-0.39, 0.29) is 24.6 Å². The third-order valence-corrected chi connectivity index (χ3v) is 2.28. The molecule has 0 aliphatic carbocycles. The van der Waals surface area contributed by atoms with Crippen LogP contribution in [0.1, 0.15) is 0 Å². The van der Waals surface area contributed by atoms with Gasteiger partial charge in [0.2, 0.25) is 0 Å². The Labute approximate surface area is 57.7 Å². The predicted octanol–water partition coefficient (Wildman–Crippen LogP) is -1.13. The van der Waals surface area contributed by atoms with E-state index in [4.69, 9.17) is 14.2 Å². The average Bonchev–Trinajstić information content (AvgIpc) is 2.61. The van der Waals surface area contributed by atoms with Gasteiger partial charge >= 0.3 is 0 Å². The number of rotatable bonds is 0. The van der Waals surface area contributed by atoms with E-state index < -0.39 is 6.10 Å². The summed E-state index contributed by atoms with van der Waals surface area (Å²) in [6.45, 7) is 0.516. The fourth-order valence-corrected chi connectivity index (χ4v) is 1.63. The van der Waals surface area contributed by atoms with Gasteiger partial charge in [-0.25, -0.2) is 0 Å². The van der Waals surface area contributed by atoms with Gasteiger partial charge in [-0.2, -0.15) is 0 Å². The Kier molecular flexibility index (Phi) is 0.840.